The van der Waals surface area contributed by atoms with E-state index in [0.717, 1.165) is 17.3 Å². The van der Waals surface area contributed by atoms with Crippen LogP contribution in [0.25, 0.3) is 0 Å². The molecule has 0 bridgehead atoms. The smallest absolute Gasteiger partial charge is 0.236 e. The van der Waals surface area contributed by atoms with Crippen molar-refractivity contribution in [2.45, 2.75) is 44.1 Å². The second kappa shape index (κ2) is 7.43. The van der Waals surface area contributed by atoms with E-state index in [2.05, 4.69) is 45.5 Å². The van der Waals surface area contributed by atoms with Crippen LogP contribution in [-0.2, 0) is 10.2 Å². The van der Waals surface area contributed by atoms with Gasteiger partial charge in [0.2, 0.25) is 5.91 Å². The fourth-order valence-electron chi connectivity index (χ4n) is 2.84. The van der Waals surface area contributed by atoms with Gasteiger partial charge in [0.05, 0.1) is 6.04 Å². The zero-order chi connectivity index (χ0) is 13.9. The van der Waals surface area contributed by atoms with Gasteiger partial charge in [-0.05, 0) is 37.5 Å². The van der Waals surface area contributed by atoms with Gasteiger partial charge in [-0.1, -0.05) is 40.9 Å². The third kappa shape index (κ3) is 3.96. The normalized spacial score (nSPS) is 18.1. The summed E-state index contributed by atoms with van der Waals surface area (Å²) in [6.45, 7) is 2.41. The number of carbonyl (C=O) groups is 1. The fourth-order valence-corrected chi connectivity index (χ4v) is 3.10. The zero-order valence-corrected chi connectivity index (χ0v) is 14.1. The number of hydrogen-bond acceptors (Lipinski definition) is 2. The van der Waals surface area contributed by atoms with E-state index in [9.17, 15) is 4.79 Å². The average Bonchev–Trinajstić information content (AvgIpc) is 2.86. The number of halogens is 2. The second-order valence-corrected chi connectivity index (χ2v) is 6.42. The van der Waals surface area contributed by atoms with E-state index in [1.807, 2.05) is 0 Å². The van der Waals surface area contributed by atoms with Crippen molar-refractivity contribution in [2.24, 2.45) is 5.73 Å². The van der Waals surface area contributed by atoms with Gasteiger partial charge in [0.15, 0.2) is 0 Å². The van der Waals surface area contributed by atoms with Crippen LogP contribution in [0.3, 0.4) is 0 Å². The van der Waals surface area contributed by atoms with Crippen molar-refractivity contribution in [3.63, 3.8) is 0 Å². The predicted octanol–water partition coefficient (Wildman–Crippen LogP) is 3.15. The summed E-state index contributed by atoms with van der Waals surface area (Å²) in [7, 11) is 0. The number of carbonyl (C=O) groups excluding carboxylic acids is 1. The molecule has 0 saturated heterocycles. The minimum Gasteiger partial charge on any atom is -0.354 e. The lowest BCUT2D eigenvalue weighted by Crippen LogP contribution is -2.45. The second-order valence-electron chi connectivity index (χ2n) is 5.50. The molecule has 1 amide bonds. The van der Waals surface area contributed by atoms with Crippen molar-refractivity contribution >= 4 is 34.2 Å². The third-order valence-electron chi connectivity index (χ3n) is 4.03. The van der Waals surface area contributed by atoms with Gasteiger partial charge in [0.25, 0.3) is 0 Å². The van der Waals surface area contributed by atoms with Crippen LogP contribution < -0.4 is 11.1 Å². The van der Waals surface area contributed by atoms with Crippen molar-refractivity contribution in [1.82, 2.24) is 5.32 Å². The lowest BCUT2D eigenvalue weighted by molar-refractivity contribution is -0.122. The third-order valence-corrected chi connectivity index (χ3v) is 4.56. The summed E-state index contributed by atoms with van der Waals surface area (Å²) < 4.78 is 1.09. The molecule has 1 aromatic carbocycles. The molecule has 0 unspecified atom stereocenters. The SMILES string of the molecule is C[C@@H](N)C(=O)NCC1(c2ccc(Br)cc2)CCCC1.Cl. The molecular formula is C15H22BrClN2O. The van der Waals surface area contributed by atoms with Crippen molar-refractivity contribution in [2.75, 3.05) is 6.54 Å². The van der Waals surface area contributed by atoms with Crippen LogP contribution >= 0.6 is 28.3 Å². The molecule has 3 nitrogen and oxygen atoms in total. The zero-order valence-electron chi connectivity index (χ0n) is 11.7. The van der Waals surface area contributed by atoms with Crippen molar-refractivity contribution in [3.8, 4) is 0 Å². The Morgan fingerprint density at radius 1 is 1.35 bits per heavy atom. The van der Waals surface area contributed by atoms with Gasteiger partial charge in [0.1, 0.15) is 0 Å². The number of nitrogens with one attached hydrogen (secondary N) is 1. The largest absolute Gasteiger partial charge is 0.354 e. The quantitative estimate of drug-likeness (QED) is 0.865. The number of nitrogens with two attached hydrogens (primary N) is 1. The molecule has 1 saturated carbocycles. The van der Waals surface area contributed by atoms with Gasteiger partial charge >= 0.3 is 0 Å². The summed E-state index contributed by atoms with van der Waals surface area (Å²) >= 11 is 3.47. The maximum atomic E-state index is 11.7. The first-order valence-corrected chi connectivity index (χ1v) is 7.62. The summed E-state index contributed by atoms with van der Waals surface area (Å²) in [6, 6.07) is 8.02. The first-order chi connectivity index (χ1) is 9.03. The number of benzene rings is 1. The topological polar surface area (TPSA) is 55.1 Å². The molecule has 20 heavy (non-hydrogen) atoms. The van der Waals surface area contributed by atoms with Crippen LogP contribution in [0, 0.1) is 0 Å². The summed E-state index contributed by atoms with van der Waals surface area (Å²) in [4.78, 5) is 11.7. The molecule has 1 aliphatic rings. The van der Waals surface area contributed by atoms with Crippen molar-refractivity contribution in [1.29, 1.82) is 0 Å². The Balaban J connectivity index is 0.00000200. The van der Waals surface area contributed by atoms with E-state index in [0.29, 0.717) is 6.54 Å². The van der Waals surface area contributed by atoms with Gasteiger partial charge in [-0.25, -0.2) is 0 Å². The number of hydrogen-bond donors (Lipinski definition) is 2. The maximum Gasteiger partial charge on any atom is 0.236 e. The van der Waals surface area contributed by atoms with Crippen molar-refractivity contribution in [3.05, 3.63) is 34.3 Å². The lowest BCUT2D eigenvalue weighted by atomic mass is 9.79. The molecule has 1 fully saturated rings. The van der Waals surface area contributed by atoms with E-state index in [1.165, 1.54) is 18.4 Å². The maximum absolute atomic E-state index is 11.7. The Kier molecular flexibility index (Phi) is 6.49. The highest BCUT2D eigenvalue weighted by Crippen LogP contribution is 2.40. The van der Waals surface area contributed by atoms with Crippen LogP contribution in [0.2, 0.25) is 0 Å². The number of rotatable bonds is 4. The summed E-state index contributed by atoms with van der Waals surface area (Å²) in [5, 5.41) is 3.00. The lowest BCUT2D eigenvalue weighted by Gasteiger charge is -2.30. The molecule has 0 aliphatic heterocycles. The minimum absolute atomic E-state index is 0. The molecular weight excluding hydrogens is 340 g/mol. The Morgan fingerprint density at radius 2 is 1.90 bits per heavy atom. The van der Waals surface area contributed by atoms with Crippen LogP contribution in [0.5, 0.6) is 0 Å². The molecule has 2 rings (SSSR count). The van der Waals surface area contributed by atoms with Gasteiger partial charge in [0, 0.05) is 16.4 Å². The molecule has 0 heterocycles. The molecule has 1 atom stereocenters. The fraction of sp³-hybridized carbons (Fsp3) is 0.533. The van der Waals surface area contributed by atoms with E-state index >= 15 is 0 Å². The monoisotopic (exact) mass is 360 g/mol. The van der Waals surface area contributed by atoms with E-state index in [4.69, 9.17) is 5.73 Å². The molecule has 1 aromatic rings. The summed E-state index contributed by atoms with van der Waals surface area (Å²) in [5.41, 5.74) is 7.01. The first-order valence-electron chi connectivity index (χ1n) is 6.83. The van der Waals surface area contributed by atoms with E-state index < -0.39 is 6.04 Å². The molecule has 0 spiro atoms. The standard InChI is InChI=1S/C15H21BrN2O.ClH/c1-11(17)14(19)18-10-15(8-2-3-9-15)12-4-6-13(16)7-5-12;/h4-7,11H,2-3,8-10,17H2,1H3,(H,18,19);1H/t11-;/m1./s1. The Bertz CT molecular complexity index is 442. The van der Waals surface area contributed by atoms with Gasteiger partial charge in [-0.2, -0.15) is 0 Å². The van der Waals surface area contributed by atoms with Crippen LogP contribution in [0.4, 0.5) is 0 Å². The Morgan fingerprint density at radius 3 is 2.40 bits per heavy atom. The Hall–Kier alpha value is -0.580. The molecule has 0 aromatic heterocycles. The highest BCUT2D eigenvalue weighted by molar-refractivity contribution is 9.10. The van der Waals surface area contributed by atoms with Crippen LogP contribution in [0.1, 0.15) is 38.2 Å². The summed E-state index contributed by atoms with van der Waals surface area (Å²) in [5.74, 6) is -0.0663. The molecule has 5 heteroatoms. The van der Waals surface area contributed by atoms with Gasteiger partial charge < -0.3 is 11.1 Å². The van der Waals surface area contributed by atoms with Crippen molar-refractivity contribution < 1.29 is 4.79 Å². The first kappa shape index (κ1) is 17.5. The molecule has 0 radical (unpaired) electrons. The average molecular weight is 362 g/mol. The molecule has 3 N–H and O–H groups in total. The van der Waals surface area contributed by atoms with Crippen LogP contribution in [-0.4, -0.2) is 18.5 Å². The van der Waals surface area contributed by atoms with Gasteiger partial charge in [-0.15, -0.1) is 12.4 Å². The number of amides is 1. The van der Waals surface area contributed by atoms with Crippen LogP contribution in [0.15, 0.2) is 28.7 Å². The molecule has 112 valence electrons. The minimum atomic E-state index is -0.441. The van der Waals surface area contributed by atoms with E-state index in [1.54, 1.807) is 6.92 Å². The Labute approximate surface area is 135 Å². The summed E-state index contributed by atoms with van der Waals surface area (Å²) in [6.07, 6.45) is 4.72. The molecule has 1 aliphatic carbocycles. The predicted molar refractivity (Wildman–Crippen MR) is 88.2 cm³/mol. The van der Waals surface area contributed by atoms with E-state index in [-0.39, 0.29) is 23.7 Å². The van der Waals surface area contributed by atoms with Gasteiger partial charge in [-0.3, -0.25) is 4.79 Å². The highest BCUT2D eigenvalue weighted by atomic mass is 79.9. The highest BCUT2D eigenvalue weighted by Gasteiger charge is 2.35.